The van der Waals surface area contributed by atoms with Crippen LogP contribution < -0.4 is 5.32 Å². The van der Waals surface area contributed by atoms with Gasteiger partial charge in [0, 0.05) is 11.3 Å². The lowest BCUT2D eigenvalue weighted by Gasteiger charge is -2.18. The Morgan fingerprint density at radius 2 is 2.05 bits per heavy atom. The van der Waals surface area contributed by atoms with Crippen molar-refractivity contribution in [1.29, 1.82) is 5.26 Å². The maximum absolute atomic E-state index is 13.8. The fraction of sp³-hybridized carbons (Fsp3) is 0.235. The van der Waals surface area contributed by atoms with Gasteiger partial charge in [-0.25, -0.2) is 8.78 Å². The molecule has 3 rings (SSSR count). The molecular formula is C17H14F2N2. The summed E-state index contributed by atoms with van der Waals surface area (Å²) in [4.78, 5) is 0. The van der Waals surface area contributed by atoms with E-state index >= 15 is 0 Å². The summed E-state index contributed by atoms with van der Waals surface area (Å²) in [5, 5.41) is 12.2. The SMILES string of the molecule is Cc1c(F)cc(C#N)cc1NC1CCc2c(F)cccc21. The average molecular weight is 284 g/mol. The highest BCUT2D eigenvalue weighted by Gasteiger charge is 2.25. The van der Waals surface area contributed by atoms with E-state index in [0.29, 0.717) is 17.7 Å². The van der Waals surface area contributed by atoms with E-state index in [2.05, 4.69) is 5.32 Å². The first-order valence-electron chi connectivity index (χ1n) is 6.84. The van der Waals surface area contributed by atoms with Gasteiger partial charge >= 0.3 is 0 Å². The zero-order chi connectivity index (χ0) is 15.0. The highest BCUT2D eigenvalue weighted by Crippen LogP contribution is 2.36. The predicted molar refractivity (Wildman–Crippen MR) is 76.9 cm³/mol. The summed E-state index contributed by atoms with van der Waals surface area (Å²) in [6.07, 6.45) is 1.42. The topological polar surface area (TPSA) is 35.8 Å². The van der Waals surface area contributed by atoms with Crippen LogP contribution in [0, 0.1) is 29.9 Å². The Hall–Kier alpha value is -2.41. The molecule has 2 aromatic carbocycles. The number of benzene rings is 2. The van der Waals surface area contributed by atoms with Crippen LogP contribution in [0.2, 0.25) is 0 Å². The van der Waals surface area contributed by atoms with Crippen LogP contribution >= 0.6 is 0 Å². The maximum atomic E-state index is 13.8. The second kappa shape index (κ2) is 5.17. The number of rotatable bonds is 2. The van der Waals surface area contributed by atoms with Crippen LogP contribution in [-0.2, 0) is 6.42 Å². The van der Waals surface area contributed by atoms with Gasteiger partial charge in [0.05, 0.1) is 17.7 Å². The summed E-state index contributed by atoms with van der Waals surface area (Å²) in [7, 11) is 0. The van der Waals surface area contributed by atoms with E-state index in [1.807, 2.05) is 12.1 Å². The second-order valence-electron chi connectivity index (χ2n) is 5.29. The summed E-state index contributed by atoms with van der Waals surface area (Å²) < 4.78 is 27.5. The molecule has 1 aliphatic rings. The summed E-state index contributed by atoms with van der Waals surface area (Å²) in [6.45, 7) is 1.67. The summed E-state index contributed by atoms with van der Waals surface area (Å²) >= 11 is 0. The monoisotopic (exact) mass is 284 g/mol. The molecule has 0 bridgehead atoms. The Kier molecular flexibility index (Phi) is 3.34. The quantitative estimate of drug-likeness (QED) is 0.895. The Labute approximate surface area is 122 Å². The van der Waals surface area contributed by atoms with Crippen molar-refractivity contribution in [3.05, 3.63) is 64.2 Å². The molecule has 0 fully saturated rings. The molecule has 2 aromatic rings. The van der Waals surface area contributed by atoms with Gasteiger partial charge in [0.15, 0.2) is 0 Å². The number of halogens is 2. The van der Waals surface area contributed by atoms with E-state index < -0.39 is 5.82 Å². The van der Waals surface area contributed by atoms with E-state index in [-0.39, 0.29) is 17.4 Å². The molecule has 21 heavy (non-hydrogen) atoms. The van der Waals surface area contributed by atoms with Crippen molar-refractivity contribution in [1.82, 2.24) is 0 Å². The number of nitriles is 1. The van der Waals surface area contributed by atoms with Crippen LogP contribution in [-0.4, -0.2) is 0 Å². The Morgan fingerprint density at radius 3 is 2.81 bits per heavy atom. The maximum Gasteiger partial charge on any atom is 0.129 e. The van der Waals surface area contributed by atoms with Crippen molar-refractivity contribution < 1.29 is 8.78 Å². The lowest BCUT2D eigenvalue weighted by molar-refractivity contribution is 0.612. The molecule has 0 heterocycles. The molecular weight excluding hydrogens is 270 g/mol. The van der Waals surface area contributed by atoms with Crippen LogP contribution in [0.3, 0.4) is 0 Å². The van der Waals surface area contributed by atoms with Crippen molar-refractivity contribution in [3.63, 3.8) is 0 Å². The van der Waals surface area contributed by atoms with Gasteiger partial charge in [-0.3, -0.25) is 0 Å². The molecule has 0 radical (unpaired) electrons. The van der Waals surface area contributed by atoms with Crippen molar-refractivity contribution in [2.45, 2.75) is 25.8 Å². The van der Waals surface area contributed by atoms with Crippen LogP contribution in [0.4, 0.5) is 14.5 Å². The third-order valence-corrected chi connectivity index (χ3v) is 4.02. The molecule has 0 aliphatic heterocycles. The van der Waals surface area contributed by atoms with Crippen LogP contribution in [0.1, 0.15) is 34.7 Å². The van der Waals surface area contributed by atoms with Gasteiger partial charge in [0.2, 0.25) is 0 Å². The lowest BCUT2D eigenvalue weighted by atomic mass is 10.1. The Bertz CT molecular complexity index is 747. The van der Waals surface area contributed by atoms with Gasteiger partial charge in [-0.2, -0.15) is 5.26 Å². The molecule has 0 saturated carbocycles. The van der Waals surface area contributed by atoms with E-state index in [4.69, 9.17) is 5.26 Å². The standard InChI is InChI=1S/C17H14F2N2/c1-10-15(19)7-11(9-20)8-17(10)21-16-6-5-12-13(16)3-2-4-14(12)18/h2-4,7-8,16,21H,5-6H2,1H3. The zero-order valence-corrected chi connectivity index (χ0v) is 11.6. The molecule has 1 unspecified atom stereocenters. The number of anilines is 1. The van der Waals surface area contributed by atoms with E-state index in [1.54, 1.807) is 19.1 Å². The van der Waals surface area contributed by atoms with Gasteiger partial charge < -0.3 is 5.32 Å². The normalized spacial score (nSPS) is 16.4. The number of hydrogen-bond donors (Lipinski definition) is 1. The highest BCUT2D eigenvalue weighted by atomic mass is 19.1. The van der Waals surface area contributed by atoms with E-state index in [0.717, 1.165) is 17.5 Å². The predicted octanol–water partition coefficient (Wildman–Crippen LogP) is 4.24. The second-order valence-corrected chi connectivity index (χ2v) is 5.29. The smallest absolute Gasteiger partial charge is 0.129 e. The first kappa shape index (κ1) is 13.6. The largest absolute Gasteiger partial charge is 0.378 e. The van der Waals surface area contributed by atoms with Gasteiger partial charge in [-0.15, -0.1) is 0 Å². The molecule has 4 heteroatoms. The van der Waals surface area contributed by atoms with Gasteiger partial charge in [0.25, 0.3) is 0 Å². The Balaban J connectivity index is 1.95. The minimum absolute atomic E-state index is 0.0530. The fourth-order valence-electron chi connectivity index (χ4n) is 2.84. The lowest BCUT2D eigenvalue weighted by Crippen LogP contribution is -2.09. The molecule has 0 spiro atoms. The minimum atomic E-state index is -0.408. The van der Waals surface area contributed by atoms with Crippen LogP contribution in [0.15, 0.2) is 30.3 Å². The highest BCUT2D eigenvalue weighted by molar-refractivity contribution is 5.58. The number of nitrogens with one attached hydrogen (secondary N) is 1. The third-order valence-electron chi connectivity index (χ3n) is 4.02. The summed E-state index contributed by atoms with van der Waals surface area (Å²) in [5.41, 5.74) is 2.98. The van der Waals surface area contributed by atoms with E-state index in [9.17, 15) is 8.78 Å². The average Bonchev–Trinajstić information content (AvgIpc) is 2.88. The van der Waals surface area contributed by atoms with Crippen molar-refractivity contribution in [2.24, 2.45) is 0 Å². The molecule has 0 amide bonds. The van der Waals surface area contributed by atoms with Crippen LogP contribution in [0.5, 0.6) is 0 Å². The molecule has 1 N–H and O–H groups in total. The first-order chi connectivity index (χ1) is 10.1. The molecule has 106 valence electrons. The Morgan fingerprint density at radius 1 is 1.24 bits per heavy atom. The number of hydrogen-bond acceptors (Lipinski definition) is 2. The first-order valence-corrected chi connectivity index (χ1v) is 6.84. The van der Waals surface area contributed by atoms with Crippen molar-refractivity contribution in [2.75, 3.05) is 5.32 Å². The molecule has 1 aliphatic carbocycles. The fourth-order valence-corrected chi connectivity index (χ4v) is 2.84. The minimum Gasteiger partial charge on any atom is -0.378 e. The molecule has 0 aromatic heterocycles. The van der Waals surface area contributed by atoms with E-state index in [1.165, 1.54) is 12.1 Å². The number of fused-ring (bicyclic) bond motifs is 1. The van der Waals surface area contributed by atoms with Crippen LogP contribution in [0.25, 0.3) is 0 Å². The van der Waals surface area contributed by atoms with Gasteiger partial charge in [0.1, 0.15) is 11.6 Å². The zero-order valence-electron chi connectivity index (χ0n) is 11.6. The van der Waals surface area contributed by atoms with Crippen molar-refractivity contribution in [3.8, 4) is 6.07 Å². The molecule has 2 nitrogen and oxygen atoms in total. The van der Waals surface area contributed by atoms with Crippen molar-refractivity contribution >= 4 is 5.69 Å². The summed E-state index contributed by atoms with van der Waals surface area (Å²) in [6, 6.07) is 9.80. The van der Waals surface area contributed by atoms with Gasteiger partial charge in [-0.1, -0.05) is 12.1 Å². The third kappa shape index (κ3) is 2.36. The molecule has 0 saturated heterocycles. The summed E-state index contributed by atoms with van der Waals surface area (Å²) in [5.74, 6) is -0.598. The van der Waals surface area contributed by atoms with Gasteiger partial charge in [-0.05, 0) is 49.1 Å². The molecule has 1 atom stereocenters. The number of nitrogens with zero attached hydrogens (tertiary/aromatic N) is 1.